The maximum Gasteiger partial charge on any atom is 0.268 e. The minimum atomic E-state index is -4.08. The van der Waals surface area contributed by atoms with Crippen LogP contribution in [0.5, 0.6) is 0 Å². The molecular weight excluding hydrogens is 593 g/mol. The summed E-state index contributed by atoms with van der Waals surface area (Å²) in [5, 5.41) is 0.833. The molecule has 2 atom stereocenters. The first-order valence-electron chi connectivity index (χ1n) is 14.8. The van der Waals surface area contributed by atoms with Gasteiger partial charge in [-0.2, -0.15) is 4.31 Å². The van der Waals surface area contributed by atoms with Gasteiger partial charge < -0.3 is 4.74 Å². The normalized spacial score (nSPS) is 21.0. The van der Waals surface area contributed by atoms with E-state index in [9.17, 15) is 16.8 Å². The summed E-state index contributed by atoms with van der Waals surface area (Å²) in [7, 11) is -8.04. The molecule has 226 valence electrons. The number of hydrogen-bond acceptors (Lipinski definition) is 5. The van der Waals surface area contributed by atoms with Gasteiger partial charge in [0.25, 0.3) is 10.0 Å². The van der Waals surface area contributed by atoms with Gasteiger partial charge in [-0.05, 0) is 68.1 Å². The van der Waals surface area contributed by atoms with E-state index in [-0.39, 0.29) is 29.0 Å². The summed E-state index contributed by atoms with van der Waals surface area (Å²) in [4.78, 5) is 0.353. The fourth-order valence-electron chi connectivity index (χ4n) is 6.92. The second kappa shape index (κ2) is 10.7. The molecule has 0 N–H and O–H groups in total. The molecule has 0 saturated carbocycles. The van der Waals surface area contributed by atoms with Crippen molar-refractivity contribution in [2.45, 2.75) is 54.5 Å². The van der Waals surface area contributed by atoms with Crippen molar-refractivity contribution in [1.29, 1.82) is 0 Å². The summed E-state index contributed by atoms with van der Waals surface area (Å²) in [6.07, 6.45) is 0.806. The fraction of sp³-hybridized carbons (Fsp3) is 0.257. The zero-order valence-corrected chi connectivity index (χ0v) is 26.3. The van der Waals surface area contributed by atoms with E-state index in [0.29, 0.717) is 30.7 Å². The van der Waals surface area contributed by atoms with Gasteiger partial charge in [-0.15, -0.1) is 0 Å². The molecule has 1 saturated heterocycles. The standard InChI is InChI=1S/C35H34N2O5S2/c1-25-12-16-28(17-13-25)43(38,39)36-23-32-34(35(24-36)20-21-42-33(22-35)27-8-4-3-5-9-27)30-10-6-7-11-31(30)37(32)44(40,41)29-18-14-26(2)15-19-29/h3-19,33H,20-24H2,1-2H3. The van der Waals surface area contributed by atoms with Crippen LogP contribution in [0.1, 0.15) is 46.9 Å². The van der Waals surface area contributed by atoms with E-state index in [2.05, 4.69) is 0 Å². The van der Waals surface area contributed by atoms with Crippen LogP contribution in [0.25, 0.3) is 10.9 Å². The molecule has 9 heteroatoms. The minimum Gasteiger partial charge on any atom is -0.373 e. The molecule has 4 aromatic carbocycles. The monoisotopic (exact) mass is 626 g/mol. The predicted molar refractivity (Wildman–Crippen MR) is 171 cm³/mol. The molecule has 2 aliphatic heterocycles. The number of aromatic nitrogens is 1. The van der Waals surface area contributed by atoms with Gasteiger partial charge in [0.2, 0.25) is 10.0 Å². The molecule has 3 heterocycles. The van der Waals surface area contributed by atoms with Crippen LogP contribution in [-0.2, 0) is 36.7 Å². The Morgan fingerprint density at radius 3 is 1.98 bits per heavy atom. The molecule has 44 heavy (non-hydrogen) atoms. The first kappa shape index (κ1) is 29.0. The first-order chi connectivity index (χ1) is 21.1. The van der Waals surface area contributed by atoms with Crippen LogP contribution < -0.4 is 0 Å². The molecular formula is C35H34N2O5S2. The quantitative estimate of drug-likeness (QED) is 0.223. The molecule has 2 aliphatic rings. The van der Waals surface area contributed by atoms with Crippen LogP contribution in [0.3, 0.4) is 0 Å². The van der Waals surface area contributed by atoms with Crippen LogP contribution in [0, 0.1) is 13.8 Å². The molecule has 5 aromatic rings. The second-order valence-electron chi connectivity index (χ2n) is 12.0. The van der Waals surface area contributed by atoms with Crippen molar-refractivity contribution >= 4 is 30.9 Å². The lowest BCUT2D eigenvalue weighted by molar-refractivity contribution is -0.0300. The highest BCUT2D eigenvalue weighted by atomic mass is 32.2. The molecule has 7 nitrogen and oxygen atoms in total. The van der Waals surface area contributed by atoms with E-state index < -0.39 is 25.5 Å². The van der Waals surface area contributed by atoms with Crippen molar-refractivity contribution in [2.24, 2.45) is 0 Å². The topological polar surface area (TPSA) is 85.7 Å². The SMILES string of the molecule is Cc1ccc(S(=O)(=O)N2Cc3c(c4ccccc4n3S(=O)(=O)c3ccc(C)cc3)C3(CCOC(c4ccccc4)C3)C2)cc1. The Hall–Kier alpha value is -3.76. The molecule has 2 unspecified atom stereocenters. The number of aryl methyl sites for hydroxylation is 2. The van der Waals surface area contributed by atoms with Gasteiger partial charge in [0.15, 0.2) is 0 Å². The van der Waals surface area contributed by atoms with Crippen molar-refractivity contribution < 1.29 is 21.6 Å². The van der Waals surface area contributed by atoms with Crippen molar-refractivity contribution in [3.8, 4) is 0 Å². The number of ether oxygens (including phenoxy) is 1. The van der Waals surface area contributed by atoms with E-state index in [4.69, 9.17) is 4.74 Å². The maximum absolute atomic E-state index is 14.5. The van der Waals surface area contributed by atoms with Crippen LogP contribution in [-0.4, -0.2) is 38.3 Å². The summed E-state index contributed by atoms with van der Waals surface area (Å²) >= 11 is 0. The van der Waals surface area contributed by atoms with E-state index >= 15 is 0 Å². The highest BCUT2D eigenvalue weighted by molar-refractivity contribution is 7.90. The van der Waals surface area contributed by atoms with Crippen LogP contribution in [0.15, 0.2) is 113 Å². The van der Waals surface area contributed by atoms with Crippen LogP contribution in [0.2, 0.25) is 0 Å². The molecule has 1 aromatic heterocycles. The number of nitrogens with zero attached hydrogens (tertiary/aromatic N) is 2. The molecule has 0 bridgehead atoms. The zero-order valence-electron chi connectivity index (χ0n) is 24.7. The number of fused-ring (bicyclic) bond motifs is 4. The van der Waals surface area contributed by atoms with Crippen molar-refractivity contribution in [3.05, 3.63) is 131 Å². The molecule has 0 radical (unpaired) electrons. The summed E-state index contributed by atoms with van der Waals surface area (Å²) in [5.41, 5.74) is 4.19. The molecule has 7 rings (SSSR count). The average Bonchev–Trinajstić information content (AvgIpc) is 3.38. The van der Waals surface area contributed by atoms with E-state index in [0.717, 1.165) is 27.6 Å². The Morgan fingerprint density at radius 2 is 1.32 bits per heavy atom. The van der Waals surface area contributed by atoms with Gasteiger partial charge >= 0.3 is 0 Å². The molecule has 1 spiro atoms. The maximum atomic E-state index is 14.5. The van der Waals surface area contributed by atoms with Gasteiger partial charge in [-0.25, -0.2) is 20.8 Å². The van der Waals surface area contributed by atoms with Gasteiger partial charge in [0.05, 0.1) is 33.7 Å². The first-order valence-corrected chi connectivity index (χ1v) is 17.7. The Kier molecular flexibility index (Phi) is 7.05. The highest BCUT2D eigenvalue weighted by Crippen LogP contribution is 2.51. The minimum absolute atomic E-state index is 0.0656. The third-order valence-corrected chi connectivity index (χ3v) is 12.7. The molecule has 1 fully saturated rings. The van der Waals surface area contributed by atoms with Crippen LogP contribution in [0.4, 0.5) is 0 Å². The van der Waals surface area contributed by atoms with Gasteiger partial charge in [0, 0.05) is 24.0 Å². The highest BCUT2D eigenvalue weighted by Gasteiger charge is 2.50. The van der Waals surface area contributed by atoms with Crippen molar-refractivity contribution in [1.82, 2.24) is 8.28 Å². The Balaban J connectivity index is 1.48. The molecule has 0 aliphatic carbocycles. The Morgan fingerprint density at radius 1 is 0.727 bits per heavy atom. The van der Waals surface area contributed by atoms with E-state index in [1.54, 1.807) is 48.5 Å². The average molecular weight is 627 g/mol. The van der Waals surface area contributed by atoms with Gasteiger partial charge in [-0.1, -0.05) is 83.9 Å². The number of para-hydroxylation sites is 1. The lowest BCUT2D eigenvalue weighted by Gasteiger charge is -2.47. The predicted octanol–water partition coefficient (Wildman–Crippen LogP) is 6.49. The summed E-state index contributed by atoms with van der Waals surface area (Å²) in [6, 6.07) is 31.1. The molecule has 0 amide bonds. The van der Waals surface area contributed by atoms with E-state index in [1.807, 2.05) is 68.4 Å². The van der Waals surface area contributed by atoms with Crippen molar-refractivity contribution in [2.75, 3.05) is 13.2 Å². The lowest BCUT2D eigenvalue weighted by atomic mass is 9.69. The summed E-state index contributed by atoms with van der Waals surface area (Å²) < 4.78 is 66.8. The van der Waals surface area contributed by atoms with Crippen molar-refractivity contribution in [3.63, 3.8) is 0 Å². The largest absolute Gasteiger partial charge is 0.373 e. The number of sulfonamides is 1. The number of benzene rings is 4. The van der Waals surface area contributed by atoms with Gasteiger partial charge in [-0.3, -0.25) is 0 Å². The third kappa shape index (κ3) is 4.70. The number of hydrogen-bond donors (Lipinski definition) is 0. The Labute approximate surface area is 258 Å². The fourth-order valence-corrected chi connectivity index (χ4v) is 9.96. The second-order valence-corrected chi connectivity index (χ2v) is 15.7. The van der Waals surface area contributed by atoms with Gasteiger partial charge in [0.1, 0.15) is 0 Å². The summed E-state index contributed by atoms with van der Waals surface area (Å²) in [6.45, 7) is 4.40. The lowest BCUT2D eigenvalue weighted by Crippen LogP contribution is -2.51. The zero-order chi connectivity index (χ0) is 30.7. The van der Waals surface area contributed by atoms with Crippen LogP contribution >= 0.6 is 0 Å². The Bertz CT molecular complexity index is 2070. The smallest absolute Gasteiger partial charge is 0.268 e. The third-order valence-electron chi connectivity index (χ3n) is 9.13. The number of rotatable bonds is 5. The summed E-state index contributed by atoms with van der Waals surface area (Å²) in [5.74, 6) is 0. The van der Waals surface area contributed by atoms with E-state index in [1.165, 1.54) is 8.28 Å².